The highest BCUT2D eigenvalue weighted by atomic mass is 35.5. The molecule has 5 aliphatic carbocycles. The van der Waals surface area contributed by atoms with E-state index in [0.717, 1.165) is 272 Å². The van der Waals surface area contributed by atoms with Crippen molar-refractivity contribution in [2.24, 2.45) is 70.0 Å². The van der Waals surface area contributed by atoms with Gasteiger partial charge in [-0.05, 0) is 346 Å². The molecule has 21 rings (SSSR count). The summed E-state index contributed by atoms with van der Waals surface area (Å²) in [5.74, 6) is 10.4. The van der Waals surface area contributed by atoms with Gasteiger partial charge in [0.1, 0.15) is 22.5 Å². The maximum atomic E-state index is 11.5. The topological polar surface area (TPSA) is 309 Å². The lowest BCUT2D eigenvalue weighted by atomic mass is 9.65. The van der Waals surface area contributed by atoms with Gasteiger partial charge >= 0.3 is 17.9 Å². The van der Waals surface area contributed by atoms with Gasteiger partial charge in [-0.1, -0.05) is 107 Å². The maximum Gasteiger partial charge on any atom is 0.309 e. The van der Waals surface area contributed by atoms with Crippen molar-refractivity contribution in [2.75, 3.05) is 152 Å². The van der Waals surface area contributed by atoms with Crippen molar-refractivity contribution in [1.82, 2.24) is 59.5 Å². The van der Waals surface area contributed by atoms with Crippen molar-refractivity contribution >= 4 is 123 Å². The largest absolute Gasteiger partial charge is 0.481 e. The summed E-state index contributed by atoms with van der Waals surface area (Å²) in [5.41, 5.74) is 12.3. The Morgan fingerprint density at radius 1 is 0.401 bits per heavy atom. The Hall–Kier alpha value is -8.74. The van der Waals surface area contributed by atoms with E-state index >= 15 is 0 Å². The summed E-state index contributed by atoms with van der Waals surface area (Å²) in [4.78, 5) is 92.0. The number of aliphatic carboxylic acids is 3. The molecule has 32 heteroatoms. The number of piperidine rings is 4. The zero-order valence-electron chi connectivity index (χ0n) is 84.7. The van der Waals surface area contributed by atoms with Crippen LogP contribution in [-0.4, -0.2) is 233 Å². The molecule has 8 aliphatic heterocycles. The second-order valence-corrected chi connectivity index (χ2v) is 47.0. The number of rotatable bonds is 28. The molecule has 142 heavy (non-hydrogen) atoms. The third-order valence-corrected chi connectivity index (χ3v) is 35.9. The molecule has 7 atom stereocenters. The van der Waals surface area contributed by atoms with Crippen LogP contribution in [0.1, 0.15) is 229 Å². The smallest absolute Gasteiger partial charge is 0.309 e. The highest BCUT2D eigenvalue weighted by molar-refractivity contribution is 6.33. The number of aromatic nitrogens is 8. The predicted molar refractivity (Wildman–Crippen MR) is 568 cm³/mol. The second kappa shape index (κ2) is 44.5. The summed E-state index contributed by atoms with van der Waals surface area (Å²) in [7, 11) is 0. The van der Waals surface area contributed by atoms with Gasteiger partial charge in [-0.25, -0.2) is 19.9 Å². The van der Waals surface area contributed by atoms with Crippen LogP contribution < -0.4 is 40.9 Å². The molecule has 8 aromatic rings. The van der Waals surface area contributed by atoms with Crippen LogP contribution in [0, 0.1) is 112 Å². The number of carboxylic acids is 3. The molecular formula is C110H147Cl5N20O7. The number of aliphatic hydroxyl groups excluding tert-OH is 1. The Balaban J connectivity index is 0.000000125. The van der Waals surface area contributed by atoms with E-state index in [-0.39, 0.29) is 24.0 Å². The average Bonchev–Trinajstić information content (AvgIpc) is 1.46. The molecule has 0 amide bonds. The Kier molecular flexibility index (Phi) is 32.4. The number of nitrogens with zero attached hydrogens (tertiary/aromatic N) is 16. The minimum atomic E-state index is -0.657. The summed E-state index contributed by atoms with van der Waals surface area (Å²) >= 11 is 32.3. The van der Waals surface area contributed by atoms with E-state index in [1.165, 1.54) is 88.6 Å². The standard InChI is InChI=1S/C30H40ClN5O2.C27H36ClN5O2.C27H38ClN5O.C26H33Cl2N5O2/c1-18-9-10-23(25(31)12-18)19(2)32-27-24-7-4-8-26(24)33-29(34-27)36-16-21(17-36)20-6-5-11-35(15-20)22-13-30(3,14-22)28(37)38;1-16-6-7-23(24(28)9-16)18(3)30-25-17(2)12-29-27(31-25)33-14-21(15-33)19-5-4-8-32(13-19)22-10-20(11-22)26(34)35;1-17-6-7-24(25(28)9-17)19(3)30-26-18(2)12-29-27(31-26)33-14-22(15-33)21-5-4-8-32(13-21)23-10-20(11-23)16-34;1-16-5-6-17(21(27)8-16)11-29-23-22(28)12-30-25(31-23)33-14-19(15-33)18-4-3-7-32(13-18)20-9-26(2,10-20)24(34)35/h9-10,12,19-22H,4-8,11,13-17H2,1-3H3,(H,37,38)(H,32,33,34);6-7,9,12,18-22H,4-5,8,10-11,13-15H2,1-3H3,(H,34,35)(H,29,30,31);6-7,9,12,19-23,34H,4-5,8,10-11,13-16H2,1-3H3,(H,29,30,31);5-6,8,12,18-20H,3-4,7,9-11,13-15H2,1-2H3,(H,34,35)(H,29,30,31). The van der Waals surface area contributed by atoms with Gasteiger partial charge in [-0.2, -0.15) is 19.9 Å². The van der Waals surface area contributed by atoms with E-state index in [2.05, 4.69) is 146 Å². The van der Waals surface area contributed by atoms with E-state index in [4.69, 9.17) is 82.9 Å². The number of carboxylic acid groups (broad SMARTS) is 3. The fourth-order valence-electron chi connectivity index (χ4n) is 24.5. The average molecular weight is 2040 g/mol. The Morgan fingerprint density at radius 2 is 0.754 bits per heavy atom. The maximum absolute atomic E-state index is 11.5. The van der Waals surface area contributed by atoms with Crippen molar-refractivity contribution in [2.45, 2.75) is 247 Å². The highest BCUT2D eigenvalue weighted by Crippen LogP contribution is 2.50. The van der Waals surface area contributed by atoms with Crippen LogP contribution in [0.5, 0.6) is 0 Å². The van der Waals surface area contributed by atoms with Gasteiger partial charge in [0.2, 0.25) is 23.8 Å². The van der Waals surface area contributed by atoms with Crippen LogP contribution in [0.2, 0.25) is 25.1 Å². The molecule has 7 unspecified atom stereocenters. The molecule has 4 aromatic heterocycles. The van der Waals surface area contributed by atoms with Crippen LogP contribution in [-0.2, 0) is 33.8 Å². The number of benzene rings is 4. The fraction of sp³-hybridized carbons (Fsp3) is 0.609. The van der Waals surface area contributed by atoms with Gasteiger partial charge in [0.25, 0.3) is 0 Å². The predicted octanol–water partition coefficient (Wildman–Crippen LogP) is 20.4. The highest BCUT2D eigenvalue weighted by Gasteiger charge is 2.53. The van der Waals surface area contributed by atoms with Crippen LogP contribution in [0.3, 0.4) is 0 Å². The number of hydrogen-bond acceptors (Lipinski definition) is 24. The molecule has 4 aromatic carbocycles. The number of fused-ring (bicyclic) bond motifs is 1. The zero-order chi connectivity index (χ0) is 99.9. The Morgan fingerprint density at radius 3 is 1.13 bits per heavy atom. The number of aliphatic hydroxyl groups is 1. The lowest BCUT2D eigenvalue weighted by molar-refractivity contribution is -0.159. The van der Waals surface area contributed by atoms with Crippen LogP contribution in [0.4, 0.5) is 47.1 Å². The SMILES string of the molecule is Cc1ccc(C(C)Nc2nc(N3CC(C4CCCN(C5CC(C(=O)O)C5)C4)C3)ncc2C)c(Cl)c1.Cc1ccc(C(C)Nc2nc(N3CC(C4CCCN(C5CC(C)(C(=O)O)C5)C4)C3)nc3c2CCC3)c(Cl)c1.Cc1ccc(C(C)Nc2nc(N3CC(C4CCCN(C5CC(CO)C5)C4)C3)ncc2C)c(Cl)c1.Cc1ccc(CNc2nc(N3CC(C4CCCN(C5CC(C)(C(=O)O)C5)C4)C3)ncc2Cl)c(Cl)c1. The molecule has 0 spiro atoms. The number of carbonyl (C=O) groups is 3. The number of nitrogens with one attached hydrogen (secondary N) is 4. The fourth-order valence-corrected chi connectivity index (χ4v) is 26.2. The molecule has 764 valence electrons. The minimum absolute atomic E-state index is 0.0362. The number of halogens is 5. The molecule has 8 saturated heterocycles. The Bertz CT molecular complexity index is 5800. The van der Waals surface area contributed by atoms with Gasteiger partial charge in [0, 0.05) is 165 Å². The molecule has 0 bridgehead atoms. The summed E-state index contributed by atoms with van der Waals surface area (Å²) in [6.07, 6.45) is 25.8. The number of hydrogen-bond donors (Lipinski definition) is 8. The normalized spacial score (nSPS) is 27.1. The molecule has 0 radical (unpaired) electrons. The van der Waals surface area contributed by atoms with Crippen molar-refractivity contribution < 1.29 is 34.8 Å². The van der Waals surface area contributed by atoms with Gasteiger partial charge in [-0.15, -0.1) is 0 Å². The molecule has 12 heterocycles. The van der Waals surface area contributed by atoms with Gasteiger partial charge in [0.15, 0.2) is 5.82 Å². The lowest BCUT2D eigenvalue weighted by Gasteiger charge is -2.52. The first-order chi connectivity index (χ1) is 68.1. The zero-order valence-corrected chi connectivity index (χ0v) is 88.5. The molecule has 13 aliphatic rings. The molecular weight excluding hydrogens is 1890 g/mol. The third-order valence-electron chi connectivity index (χ3n) is 34.3. The van der Waals surface area contributed by atoms with Crippen molar-refractivity contribution in [3.05, 3.63) is 183 Å². The second-order valence-electron chi connectivity index (χ2n) is 45.0. The number of aryl methyl sites for hydroxylation is 7. The van der Waals surface area contributed by atoms with Gasteiger partial charge < -0.3 is 80.9 Å². The van der Waals surface area contributed by atoms with E-state index in [0.29, 0.717) is 95.5 Å². The molecule has 4 saturated carbocycles. The minimum Gasteiger partial charge on any atom is -0.481 e. The number of likely N-dealkylation sites (tertiary alicyclic amines) is 4. The van der Waals surface area contributed by atoms with Crippen LogP contribution in [0.15, 0.2) is 91.4 Å². The molecule has 8 N–H and O–H groups in total. The van der Waals surface area contributed by atoms with Gasteiger partial charge in [-0.3, -0.25) is 14.4 Å². The van der Waals surface area contributed by atoms with Gasteiger partial charge in [0.05, 0.1) is 46.8 Å². The van der Waals surface area contributed by atoms with Crippen molar-refractivity contribution in [3.63, 3.8) is 0 Å². The van der Waals surface area contributed by atoms with E-state index in [1.807, 2.05) is 90.3 Å². The first-order valence-electron chi connectivity index (χ1n) is 52.5. The van der Waals surface area contributed by atoms with Crippen LogP contribution in [0.25, 0.3) is 0 Å². The summed E-state index contributed by atoms with van der Waals surface area (Å²) in [5, 5.41) is 55.1. The quantitative estimate of drug-likeness (QED) is 0.0226. The van der Waals surface area contributed by atoms with E-state index in [1.54, 1.807) is 6.20 Å². The third kappa shape index (κ3) is 23.6. The van der Waals surface area contributed by atoms with E-state index in [9.17, 15) is 34.8 Å². The first-order valence-corrected chi connectivity index (χ1v) is 54.4. The molecule has 27 nitrogen and oxygen atoms in total. The summed E-state index contributed by atoms with van der Waals surface area (Å²) in [6.45, 7) is 40.3. The monoisotopic (exact) mass is 2040 g/mol. The lowest BCUT2D eigenvalue weighted by Crippen LogP contribution is -2.58. The first kappa shape index (κ1) is 103. The van der Waals surface area contributed by atoms with E-state index < -0.39 is 28.7 Å². The van der Waals surface area contributed by atoms with Crippen molar-refractivity contribution in [3.8, 4) is 0 Å². The van der Waals surface area contributed by atoms with Crippen LogP contribution >= 0.6 is 58.0 Å². The molecule has 12 fully saturated rings. The van der Waals surface area contributed by atoms with Crippen molar-refractivity contribution in [1.29, 1.82) is 0 Å². The Labute approximate surface area is 864 Å². The number of anilines is 8. The summed E-state index contributed by atoms with van der Waals surface area (Å²) < 4.78 is 0. The summed E-state index contributed by atoms with van der Waals surface area (Å²) in [6, 6.07) is 26.8.